The van der Waals surface area contributed by atoms with Crippen LogP contribution in [0.1, 0.15) is 31.1 Å². The van der Waals surface area contributed by atoms with Crippen molar-refractivity contribution in [1.29, 1.82) is 0 Å². The molecular formula is C17H20FNO2S. The predicted molar refractivity (Wildman–Crippen MR) is 87.5 cm³/mol. The monoisotopic (exact) mass is 321 g/mol. The number of aliphatic carboxylic acids is 1. The largest absolute Gasteiger partial charge is 0.480 e. The van der Waals surface area contributed by atoms with Gasteiger partial charge in [-0.15, -0.1) is 11.3 Å². The molecule has 5 heteroatoms. The van der Waals surface area contributed by atoms with E-state index < -0.39 is 12.0 Å². The Labute approximate surface area is 133 Å². The number of halogens is 1. The van der Waals surface area contributed by atoms with Crippen LogP contribution in [-0.2, 0) is 11.3 Å². The number of hydrogen-bond donors (Lipinski definition) is 2. The van der Waals surface area contributed by atoms with E-state index in [0.717, 1.165) is 22.6 Å². The third-order valence-corrected chi connectivity index (χ3v) is 4.59. The normalized spacial score (nSPS) is 12.3. The number of carboxylic acid groups (broad SMARTS) is 1. The Morgan fingerprint density at radius 3 is 2.77 bits per heavy atom. The minimum atomic E-state index is -0.820. The molecule has 0 aliphatic carbocycles. The van der Waals surface area contributed by atoms with Gasteiger partial charge < -0.3 is 5.11 Å². The van der Waals surface area contributed by atoms with Crippen LogP contribution in [0.4, 0.5) is 4.39 Å². The molecule has 1 aromatic carbocycles. The Morgan fingerprint density at radius 2 is 2.09 bits per heavy atom. The smallest absolute Gasteiger partial charge is 0.320 e. The standard InChI is InChI=1S/C17H20FNO2S/c1-2-3-8-15(17(20)21)19-11-12-9-10-16(22-12)13-6-4-5-7-14(13)18/h4-7,9-10,15,19H,2-3,8,11H2,1H3,(H,20,21). The molecule has 22 heavy (non-hydrogen) atoms. The first-order valence-corrected chi connectivity index (χ1v) is 8.23. The van der Waals surface area contributed by atoms with Crippen LogP contribution in [-0.4, -0.2) is 17.1 Å². The summed E-state index contributed by atoms with van der Waals surface area (Å²) in [6.45, 7) is 2.53. The molecule has 0 saturated carbocycles. The number of hydrogen-bond acceptors (Lipinski definition) is 3. The molecular weight excluding hydrogens is 301 g/mol. The maximum atomic E-state index is 13.8. The van der Waals surface area contributed by atoms with Crippen molar-refractivity contribution in [2.75, 3.05) is 0 Å². The number of nitrogens with one attached hydrogen (secondary N) is 1. The molecule has 0 saturated heterocycles. The summed E-state index contributed by atoms with van der Waals surface area (Å²) >= 11 is 1.48. The van der Waals surface area contributed by atoms with E-state index in [1.54, 1.807) is 18.2 Å². The molecule has 0 fully saturated rings. The molecule has 0 amide bonds. The highest BCUT2D eigenvalue weighted by Crippen LogP contribution is 2.30. The highest BCUT2D eigenvalue weighted by Gasteiger charge is 2.16. The van der Waals surface area contributed by atoms with Crippen LogP contribution in [0.5, 0.6) is 0 Å². The van der Waals surface area contributed by atoms with Crippen LogP contribution in [0.25, 0.3) is 10.4 Å². The average Bonchev–Trinajstić information content (AvgIpc) is 2.96. The fraction of sp³-hybridized carbons (Fsp3) is 0.353. The van der Waals surface area contributed by atoms with Crippen molar-refractivity contribution < 1.29 is 14.3 Å². The van der Waals surface area contributed by atoms with Crippen LogP contribution < -0.4 is 5.32 Å². The molecule has 2 N–H and O–H groups in total. The zero-order chi connectivity index (χ0) is 15.9. The molecule has 2 rings (SSSR count). The van der Waals surface area contributed by atoms with Crippen molar-refractivity contribution in [2.24, 2.45) is 0 Å². The summed E-state index contributed by atoms with van der Waals surface area (Å²) in [4.78, 5) is 13.0. The van der Waals surface area contributed by atoms with Gasteiger partial charge in [-0.3, -0.25) is 10.1 Å². The van der Waals surface area contributed by atoms with Crippen molar-refractivity contribution in [1.82, 2.24) is 5.32 Å². The number of benzene rings is 1. The zero-order valence-electron chi connectivity index (χ0n) is 12.5. The first-order chi connectivity index (χ1) is 10.6. The lowest BCUT2D eigenvalue weighted by molar-refractivity contribution is -0.139. The SMILES string of the molecule is CCCCC(NCc1ccc(-c2ccccc2F)s1)C(=O)O. The second kappa shape index (κ2) is 8.06. The summed E-state index contributed by atoms with van der Waals surface area (Å²) < 4.78 is 13.8. The van der Waals surface area contributed by atoms with Crippen molar-refractivity contribution in [2.45, 2.75) is 38.8 Å². The van der Waals surface area contributed by atoms with E-state index in [1.807, 2.05) is 19.1 Å². The van der Waals surface area contributed by atoms with Gasteiger partial charge in [-0.1, -0.05) is 38.0 Å². The fourth-order valence-electron chi connectivity index (χ4n) is 2.22. The number of unbranched alkanes of at least 4 members (excludes halogenated alkanes) is 1. The Bertz CT molecular complexity index is 627. The van der Waals surface area contributed by atoms with Crippen molar-refractivity contribution >= 4 is 17.3 Å². The first kappa shape index (κ1) is 16.6. The third kappa shape index (κ3) is 4.39. The van der Waals surface area contributed by atoms with Crippen LogP contribution >= 0.6 is 11.3 Å². The molecule has 0 bridgehead atoms. The molecule has 0 radical (unpaired) electrons. The Kier molecular flexibility index (Phi) is 6.10. The van der Waals surface area contributed by atoms with E-state index in [2.05, 4.69) is 5.32 Å². The summed E-state index contributed by atoms with van der Waals surface area (Å²) in [5.74, 6) is -1.06. The summed E-state index contributed by atoms with van der Waals surface area (Å²) in [7, 11) is 0. The lowest BCUT2D eigenvalue weighted by atomic mass is 10.1. The average molecular weight is 321 g/mol. The summed E-state index contributed by atoms with van der Waals surface area (Å²) in [6, 6.07) is 9.93. The number of carbonyl (C=O) groups is 1. The molecule has 2 aromatic rings. The zero-order valence-corrected chi connectivity index (χ0v) is 13.3. The van der Waals surface area contributed by atoms with Gasteiger partial charge in [-0.25, -0.2) is 4.39 Å². The lowest BCUT2D eigenvalue weighted by Gasteiger charge is -2.13. The molecule has 1 aromatic heterocycles. The Balaban J connectivity index is 2.00. The van der Waals surface area contributed by atoms with Crippen LogP contribution in [0, 0.1) is 5.82 Å². The van der Waals surface area contributed by atoms with Gasteiger partial charge in [-0.2, -0.15) is 0 Å². The van der Waals surface area contributed by atoms with E-state index in [9.17, 15) is 14.3 Å². The number of carboxylic acids is 1. The van der Waals surface area contributed by atoms with Crippen molar-refractivity contribution in [3.63, 3.8) is 0 Å². The van der Waals surface area contributed by atoms with Crippen molar-refractivity contribution in [3.05, 3.63) is 47.1 Å². The first-order valence-electron chi connectivity index (χ1n) is 7.41. The Morgan fingerprint density at radius 1 is 1.32 bits per heavy atom. The molecule has 1 atom stereocenters. The third-order valence-electron chi connectivity index (χ3n) is 3.47. The van der Waals surface area contributed by atoms with E-state index in [0.29, 0.717) is 18.5 Å². The van der Waals surface area contributed by atoms with Gasteiger partial charge in [0, 0.05) is 21.9 Å². The molecule has 1 unspecified atom stereocenters. The minimum absolute atomic E-state index is 0.241. The minimum Gasteiger partial charge on any atom is -0.480 e. The lowest BCUT2D eigenvalue weighted by Crippen LogP contribution is -2.35. The molecule has 118 valence electrons. The van der Waals surface area contributed by atoms with Gasteiger partial charge in [0.25, 0.3) is 0 Å². The summed E-state index contributed by atoms with van der Waals surface area (Å²) in [5, 5.41) is 12.3. The van der Waals surface area contributed by atoms with Gasteiger partial charge in [0.2, 0.25) is 0 Å². The molecule has 3 nitrogen and oxygen atoms in total. The van der Waals surface area contributed by atoms with Gasteiger partial charge in [-0.05, 0) is 24.6 Å². The molecule has 0 aliphatic rings. The quantitative estimate of drug-likeness (QED) is 0.762. The van der Waals surface area contributed by atoms with E-state index in [1.165, 1.54) is 17.4 Å². The Hall–Kier alpha value is -1.72. The van der Waals surface area contributed by atoms with E-state index in [4.69, 9.17) is 0 Å². The van der Waals surface area contributed by atoms with Gasteiger partial charge in [0.05, 0.1) is 0 Å². The van der Waals surface area contributed by atoms with E-state index >= 15 is 0 Å². The van der Waals surface area contributed by atoms with Gasteiger partial charge >= 0.3 is 5.97 Å². The predicted octanol–water partition coefficient (Wildman–Crippen LogP) is 4.29. The number of thiophene rings is 1. The van der Waals surface area contributed by atoms with Gasteiger partial charge in [0.15, 0.2) is 0 Å². The van der Waals surface area contributed by atoms with E-state index in [-0.39, 0.29) is 5.82 Å². The van der Waals surface area contributed by atoms with Crippen LogP contribution in [0.3, 0.4) is 0 Å². The molecule has 0 aliphatic heterocycles. The fourth-order valence-corrected chi connectivity index (χ4v) is 3.21. The van der Waals surface area contributed by atoms with Crippen molar-refractivity contribution in [3.8, 4) is 10.4 Å². The van der Waals surface area contributed by atoms with Crippen LogP contribution in [0.2, 0.25) is 0 Å². The summed E-state index contributed by atoms with van der Waals surface area (Å²) in [5.41, 5.74) is 0.583. The number of rotatable bonds is 8. The topological polar surface area (TPSA) is 49.3 Å². The maximum Gasteiger partial charge on any atom is 0.320 e. The molecule has 0 spiro atoms. The highest BCUT2D eigenvalue weighted by molar-refractivity contribution is 7.15. The highest BCUT2D eigenvalue weighted by atomic mass is 32.1. The maximum absolute atomic E-state index is 13.8. The molecule has 1 heterocycles. The van der Waals surface area contributed by atoms with Gasteiger partial charge in [0.1, 0.15) is 11.9 Å². The second-order valence-corrected chi connectivity index (χ2v) is 6.33. The van der Waals surface area contributed by atoms with Crippen LogP contribution in [0.15, 0.2) is 36.4 Å². The summed E-state index contributed by atoms with van der Waals surface area (Å²) in [6.07, 6.45) is 2.48. The second-order valence-electron chi connectivity index (χ2n) is 5.16.